The topological polar surface area (TPSA) is 96.7 Å². The predicted octanol–water partition coefficient (Wildman–Crippen LogP) is 1.71. The highest BCUT2D eigenvalue weighted by Crippen LogP contribution is 2.21. The number of carbonyl (C=O) groups is 2. The summed E-state index contributed by atoms with van der Waals surface area (Å²) in [6.07, 6.45) is 2.53. The van der Waals surface area contributed by atoms with Gasteiger partial charge in [-0.15, -0.1) is 0 Å². The second-order valence-electron chi connectivity index (χ2n) is 6.43. The van der Waals surface area contributed by atoms with Crippen LogP contribution in [0.5, 0.6) is 5.75 Å². The van der Waals surface area contributed by atoms with Gasteiger partial charge >= 0.3 is 6.03 Å². The Morgan fingerprint density at radius 2 is 2.04 bits per heavy atom. The molecule has 1 fully saturated rings. The normalized spacial score (nSPS) is 15.6. The maximum atomic E-state index is 12.0. The number of anilines is 1. The average molecular weight is 348 g/mol. The third-order valence-corrected chi connectivity index (χ3v) is 4.62. The highest BCUT2D eigenvalue weighted by atomic mass is 16.5. The van der Waals surface area contributed by atoms with Crippen molar-refractivity contribution in [3.63, 3.8) is 0 Å². The number of likely N-dealkylation sites (tertiary alicyclic amines) is 1. The number of piperidine rings is 1. The fourth-order valence-corrected chi connectivity index (χ4v) is 2.97. The highest BCUT2D eigenvalue weighted by Gasteiger charge is 2.22. The molecule has 0 bridgehead atoms. The minimum absolute atomic E-state index is 0.0197. The molecule has 1 aliphatic rings. The first-order chi connectivity index (χ1) is 12.0. The first kappa shape index (κ1) is 19.1. The van der Waals surface area contributed by atoms with Gasteiger partial charge < -0.3 is 26.0 Å². The Morgan fingerprint density at radius 3 is 2.68 bits per heavy atom. The molecule has 1 aromatic carbocycles. The minimum atomic E-state index is -0.219. The monoisotopic (exact) mass is 348 g/mol. The van der Waals surface area contributed by atoms with Gasteiger partial charge in [-0.05, 0) is 57.5 Å². The van der Waals surface area contributed by atoms with Gasteiger partial charge in [0.25, 0.3) is 0 Å². The smallest absolute Gasteiger partial charge is 0.319 e. The molecule has 138 valence electrons. The van der Waals surface area contributed by atoms with Crippen molar-refractivity contribution >= 4 is 17.6 Å². The number of nitrogens with two attached hydrogens (primary N) is 1. The number of carbonyl (C=O) groups excluding carboxylic acids is 2. The second-order valence-corrected chi connectivity index (χ2v) is 6.43. The first-order valence-corrected chi connectivity index (χ1v) is 8.70. The number of urea groups is 1. The van der Waals surface area contributed by atoms with Gasteiger partial charge in [-0.3, -0.25) is 4.79 Å². The lowest BCUT2D eigenvalue weighted by Crippen LogP contribution is -2.40. The zero-order valence-electron chi connectivity index (χ0n) is 15.0. The van der Waals surface area contributed by atoms with Gasteiger partial charge in [0, 0.05) is 24.2 Å². The SMILES string of the molecule is COc1ccc(C)c(NC(=O)NCCCN2CCC(C(N)=O)CC2)c1. The standard InChI is InChI=1S/C18H28N4O3/c1-13-4-5-15(25-2)12-16(13)21-18(24)20-8-3-9-22-10-6-14(7-11-22)17(19)23/h4-5,12,14H,3,6-11H2,1-2H3,(H2,19,23)(H2,20,21,24). The van der Waals surface area contributed by atoms with Crippen molar-refractivity contribution in [2.45, 2.75) is 26.2 Å². The summed E-state index contributed by atoms with van der Waals surface area (Å²) in [5, 5.41) is 5.72. The summed E-state index contributed by atoms with van der Waals surface area (Å²) in [6, 6.07) is 5.35. The third-order valence-electron chi connectivity index (χ3n) is 4.62. The van der Waals surface area contributed by atoms with Crippen LogP contribution in [-0.2, 0) is 4.79 Å². The number of rotatable bonds is 7. The quantitative estimate of drug-likeness (QED) is 0.654. The number of hydrogen-bond donors (Lipinski definition) is 3. The molecule has 0 aliphatic carbocycles. The van der Waals surface area contributed by atoms with E-state index in [1.54, 1.807) is 13.2 Å². The molecule has 1 saturated heterocycles. The number of methoxy groups -OCH3 is 1. The third kappa shape index (κ3) is 5.94. The van der Waals surface area contributed by atoms with Crippen LogP contribution in [0.3, 0.4) is 0 Å². The van der Waals surface area contributed by atoms with Crippen molar-refractivity contribution in [3.8, 4) is 5.75 Å². The Bertz CT molecular complexity index is 598. The van der Waals surface area contributed by atoms with E-state index in [0.717, 1.165) is 50.1 Å². The van der Waals surface area contributed by atoms with Crippen LogP contribution in [0.4, 0.5) is 10.5 Å². The van der Waals surface area contributed by atoms with E-state index in [0.29, 0.717) is 12.3 Å². The first-order valence-electron chi connectivity index (χ1n) is 8.70. The van der Waals surface area contributed by atoms with E-state index in [4.69, 9.17) is 10.5 Å². The zero-order chi connectivity index (χ0) is 18.2. The van der Waals surface area contributed by atoms with Gasteiger partial charge in [0.05, 0.1) is 7.11 Å². The molecule has 0 saturated carbocycles. The Balaban J connectivity index is 1.65. The number of aryl methyl sites for hydroxylation is 1. The zero-order valence-corrected chi connectivity index (χ0v) is 15.0. The molecule has 7 nitrogen and oxygen atoms in total. The molecule has 4 N–H and O–H groups in total. The van der Waals surface area contributed by atoms with Gasteiger partial charge in [-0.25, -0.2) is 4.79 Å². The van der Waals surface area contributed by atoms with Gasteiger partial charge in [-0.1, -0.05) is 6.07 Å². The summed E-state index contributed by atoms with van der Waals surface area (Å²) in [7, 11) is 1.60. The highest BCUT2D eigenvalue weighted by molar-refractivity contribution is 5.90. The molecule has 3 amide bonds. The molecule has 0 aromatic heterocycles. The lowest BCUT2D eigenvalue weighted by molar-refractivity contribution is -0.123. The minimum Gasteiger partial charge on any atom is -0.497 e. The molecule has 0 radical (unpaired) electrons. The molecule has 0 atom stereocenters. The van der Waals surface area contributed by atoms with Crippen LogP contribution in [-0.4, -0.2) is 50.1 Å². The molecule has 1 aliphatic heterocycles. The summed E-state index contributed by atoms with van der Waals surface area (Å²) in [5.41, 5.74) is 7.06. The van der Waals surface area contributed by atoms with Crippen LogP contribution in [0.2, 0.25) is 0 Å². The van der Waals surface area contributed by atoms with E-state index < -0.39 is 0 Å². The van der Waals surface area contributed by atoms with Gasteiger partial charge in [0.2, 0.25) is 5.91 Å². The molecule has 1 aromatic rings. The van der Waals surface area contributed by atoms with Crippen LogP contribution in [0.25, 0.3) is 0 Å². The van der Waals surface area contributed by atoms with Gasteiger partial charge in [0.1, 0.15) is 5.75 Å². The summed E-state index contributed by atoms with van der Waals surface area (Å²) in [4.78, 5) is 25.5. The van der Waals surface area contributed by atoms with E-state index in [9.17, 15) is 9.59 Å². The van der Waals surface area contributed by atoms with E-state index in [1.807, 2.05) is 19.1 Å². The number of nitrogens with one attached hydrogen (secondary N) is 2. The molecule has 2 rings (SSSR count). The van der Waals surface area contributed by atoms with Crippen LogP contribution in [0.1, 0.15) is 24.8 Å². The predicted molar refractivity (Wildman–Crippen MR) is 97.7 cm³/mol. The summed E-state index contributed by atoms with van der Waals surface area (Å²) in [6.45, 7) is 5.23. The van der Waals surface area contributed by atoms with Gasteiger partial charge in [-0.2, -0.15) is 0 Å². The van der Waals surface area contributed by atoms with Crippen LogP contribution in [0.15, 0.2) is 18.2 Å². The molecule has 25 heavy (non-hydrogen) atoms. The van der Waals surface area contributed by atoms with Crippen molar-refractivity contribution in [2.24, 2.45) is 11.7 Å². The Hall–Kier alpha value is -2.28. The van der Waals surface area contributed by atoms with Crippen molar-refractivity contribution in [1.82, 2.24) is 10.2 Å². The van der Waals surface area contributed by atoms with E-state index in [1.165, 1.54) is 0 Å². The lowest BCUT2D eigenvalue weighted by Gasteiger charge is -2.30. The van der Waals surface area contributed by atoms with Crippen molar-refractivity contribution in [2.75, 3.05) is 38.6 Å². The lowest BCUT2D eigenvalue weighted by atomic mass is 9.96. The van der Waals surface area contributed by atoms with Crippen LogP contribution in [0, 0.1) is 12.8 Å². The maximum Gasteiger partial charge on any atom is 0.319 e. The van der Waals surface area contributed by atoms with E-state index in [2.05, 4.69) is 15.5 Å². The van der Waals surface area contributed by atoms with Crippen LogP contribution < -0.4 is 21.1 Å². The Kier molecular flexibility index (Phi) is 7.06. The summed E-state index contributed by atoms with van der Waals surface area (Å²) >= 11 is 0. The van der Waals surface area contributed by atoms with E-state index in [-0.39, 0.29) is 17.9 Å². The number of primary amides is 1. The molecular weight excluding hydrogens is 320 g/mol. The second kappa shape index (κ2) is 9.27. The molecule has 1 heterocycles. The van der Waals surface area contributed by atoms with Crippen molar-refractivity contribution in [3.05, 3.63) is 23.8 Å². The Morgan fingerprint density at radius 1 is 1.32 bits per heavy atom. The number of hydrogen-bond acceptors (Lipinski definition) is 4. The van der Waals surface area contributed by atoms with Crippen molar-refractivity contribution < 1.29 is 14.3 Å². The fraction of sp³-hybridized carbons (Fsp3) is 0.556. The van der Waals surface area contributed by atoms with Crippen molar-refractivity contribution in [1.29, 1.82) is 0 Å². The number of nitrogens with zero attached hydrogens (tertiary/aromatic N) is 1. The summed E-state index contributed by atoms with van der Waals surface area (Å²) in [5.74, 6) is 0.539. The number of ether oxygens (including phenoxy) is 1. The largest absolute Gasteiger partial charge is 0.497 e. The fourth-order valence-electron chi connectivity index (χ4n) is 2.97. The summed E-state index contributed by atoms with van der Waals surface area (Å²) < 4.78 is 5.17. The molecule has 0 spiro atoms. The molecular formula is C18H28N4O3. The average Bonchev–Trinajstić information content (AvgIpc) is 2.61. The molecule has 7 heteroatoms. The Labute approximate surface area is 148 Å². The number of benzene rings is 1. The van der Waals surface area contributed by atoms with Crippen LogP contribution >= 0.6 is 0 Å². The van der Waals surface area contributed by atoms with Gasteiger partial charge in [0.15, 0.2) is 0 Å². The van der Waals surface area contributed by atoms with E-state index >= 15 is 0 Å². The maximum absolute atomic E-state index is 12.0. The molecule has 0 unspecified atom stereocenters. The number of amides is 3.